The smallest absolute Gasteiger partial charge is 0.416 e. The summed E-state index contributed by atoms with van der Waals surface area (Å²) in [5.41, 5.74) is 1.12. The molecule has 2 heterocycles. The lowest BCUT2D eigenvalue weighted by molar-refractivity contribution is -0.140. The zero-order valence-corrected chi connectivity index (χ0v) is 18.6. The molecule has 0 bridgehead atoms. The number of nitrogens with zero attached hydrogens (tertiary/aromatic N) is 2. The summed E-state index contributed by atoms with van der Waals surface area (Å²) in [5, 5.41) is 0. The number of benzene rings is 2. The summed E-state index contributed by atoms with van der Waals surface area (Å²) in [6.07, 6.45) is 0.507. The van der Waals surface area contributed by atoms with Gasteiger partial charge in [-0.15, -0.1) is 0 Å². The predicted octanol–water partition coefficient (Wildman–Crippen LogP) is 5.43. The van der Waals surface area contributed by atoms with E-state index < -0.39 is 11.7 Å². The molecule has 2 atom stereocenters. The summed E-state index contributed by atoms with van der Waals surface area (Å²) in [5.74, 6) is 0.948. The zero-order chi connectivity index (χ0) is 23.0. The van der Waals surface area contributed by atoms with E-state index in [4.69, 9.17) is 4.74 Å². The Balaban J connectivity index is 1.16. The fourth-order valence-corrected chi connectivity index (χ4v) is 5.66. The molecule has 3 aliphatic rings. The summed E-state index contributed by atoms with van der Waals surface area (Å²) in [7, 11) is 0. The summed E-state index contributed by atoms with van der Waals surface area (Å²) in [6.45, 7) is 2.36. The standard InChI is InChI=1S/C26H29F3N2O2/c27-26(28,29)22-7-9-24-21(14-22)16-31(17-33-24)25(32)20-6-8-23(15-20)30-12-10-19(11-13-30)18-4-2-1-3-5-18/h1-5,7,9,14,19-20,23H,6,8,10-13,15-17H2/t20-,23?/m0/s1. The number of alkyl halides is 3. The fourth-order valence-electron chi connectivity index (χ4n) is 5.66. The largest absolute Gasteiger partial charge is 0.473 e. The topological polar surface area (TPSA) is 32.8 Å². The van der Waals surface area contributed by atoms with Gasteiger partial charge in [-0.1, -0.05) is 30.3 Å². The van der Waals surface area contributed by atoms with Crippen LogP contribution >= 0.6 is 0 Å². The Bertz CT molecular complexity index is 987. The van der Waals surface area contributed by atoms with Gasteiger partial charge in [0.25, 0.3) is 0 Å². The van der Waals surface area contributed by atoms with E-state index in [9.17, 15) is 18.0 Å². The SMILES string of the molecule is O=C([C@H]1CCC(N2CCC(c3ccccc3)CC2)C1)N1COc2ccc(C(F)(F)F)cc2C1. The number of piperidine rings is 1. The molecular weight excluding hydrogens is 429 g/mol. The van der Waals surface area contributed by atoms with Gasteiger partial charge in [0.2, 0.25) is 5.91 Å². The van der Waals surface area contributed by atoms with Crippen LogP contribution in [-0.2, 0) is 17.5 Å². The average Bonchev–Trinajstić information content (AvgIpc) is 3.33. The fraction of sp³-hybridized carbons (Fsp3) is 0.500. The lowest BCUT2D eigenvalue weighted by atomic mass is 9.89. The van der Waals surface area contributed by atoms with Crippen molar-refractivity contribution in [1.82, 2.24) is 9.80 Å². The number of hydrogen-bond donors (Lipinski definition) is 0. The van der Waals surface area contributed by atoms with Crippen molar-refractivity contribution in [2.75, 3.05) is 19.8 Å². The van der Waals surface area contributed by atoms with Crippen molar-refractivity contribution < 1.29 is 22.7 Å². The van der Waals surface area contributed by atoms with Crippen LogP contribution < -0.4 is 4.74 Å². The number of amides is 1. The van der Waals surface area contributed by atoms with Crippen LogP contribution in [0, 0.1) is 5.92 Å². The number of halogens is 3. The molecule has 0 aromatic heterocycles. The van der Waals surface area contributed by atoms with Crippen LogP contribution in [0.15, 0.2) is 48.5 Å². The minimum absolute atomic E-state index is 0.000247. The van der Waals surface area contributed by atoms with Gasteiger partial charge in [-0.25, -0.2) is 0 Å². The number of rotatable bonds is 3. The second kappa shape index (κ2) is 9.01. The second-order valence-electron chi connectivity index (χ2n) is 9.51. The molecule has 4 nitrogen and oxygen atoms in total. The molecule has 1 aliphatic carbocycles. The molecule has 176 valence electrons. The molecule has 0 N–H and O–H groups in total. The van der Waals surface area contributed by atoms with Crippen LogP contribution in [0.1, 0.15) is 54.7 Å². The van der Waals surface area contributed by atoms with Crippen molar-refractivity contribution in [3.63, 3.8) is 0 Å². The van der Waals surface area contributed by atoms with Crippen molar-refractivity contribution in [3.8, 4) is 5.75 Å². The number of likely N-dealkylation sites (tertiary alicyclic amines) is 1. The monoisotopic (exact) mass is 458 g/mol. The van der Waals surface area contributed by atoms with E-state index in [1.165, 1.54) is 11.6 Å². The van der Waals surface area contributed by atoms with Crippen molar-refractivity contribution >= 4 is 5.91 Å². The Morgan fingerprint density at radius 2 is 1.73 bits per heavy atom. The van der Waals surface area contributed by atoms with Gasteiger partial charge < -0.3 is 14.5 Å². The van der Waals surface area contributed by atoms with Gasteiger partial charge >= 0.3 is 6.18 Å². The molecule has 7 heteroatoms. The highest BCUT2D eigenvalue weighted by Crippen LogP contribution is 2.38. The Labute approximate surface area is 192 Å². The van der Waals surface area contributed by atoms with Gasteiger partial charge in [0.15, 0.2) is 6.73 Å². The summed E-state index contributed by atoms with van der Waals surface area (Å²) in [6, 6.07) is 14.6. The highest BCUT2D eigenvalue weighted by molar-refractivity contribution is 5.79. The number of ether oxygens (including phenoxy) is 1. The van der Waals surface area contributed by atoms with Crippen molar-refractivity contribution in [1.29, 1.82) is 0 Å². The van der Waals surface area contributed by atoms with E-state index in [2.05, 4.69) is 35.2 Å². The Kier molecular flexibility index (Phi) is 6.08. The Morgan fingerprint density at radius 1 is 0.970 bits per heavy atom. The molecule has 0 radical (unpaired) electrons. The maximum absolute atomic E-state index is 13.2. The third kappa shape index (κ3) is 4.74. The van der Waals surface area contributed by atoms with Crippen LogP contribution in [0.3, 0.4) is 0 Å². The number of hydrogen-bond acceptors (Lipinski definition) is 3. The third-order valence-corrected chi connectivity index (χ3v) is 7.51. The molecule has 0 spiro atoms. The van der Waals surface area contributed by atoms with Gasteiger partial charge in [0.1, 0.15) is 5.75 Å². The van der Waals surface area contributed by atoms with Gasteiger partial charge in [-0.2, -0.15) is 13.2 Å². The summed E-state index contributed by atoms with van der Waals surface area (Å²) >= 11 is 0. The summed E-state index contributed by atoms with van der Waals surface area (Å²) in [4.78, 5) is 17.3. The van der Waals surface area contributed by atoms with Crippen molar-refractivity contribution in [3.05, 3.63) is 65.2 Å². The van der Waals surface area contributed by atoms with Crippen LogP contribution in [0.5, 0.6) is 5.75 Å². The van der Waals surface area contributed by atoms with E-state index in [1.54, 1.807) is 4.90 Å². The normalized spacial score (nSPS) is 24.4. The highest BCUT2D eigenvalue weighted by atomic mass is 19.4. The van der Waals surface area contributed by atoms with Crippen LogP contribution in [0.2, 0.25) is 0 Å². The molecule has 2 aromatic carbocycles. The molecule has 2 fully saturated rings. The quantitative estimate of drug-likeness (QED) is 0.615. The van der Waals surface area contributed by atoms with Gasteiger partial charge in [-0.05, 0) is 74.9 Å². The van der Waals surface area contributed by atoms with E-state index in [-0.39, 0.29) is 25.1 Å². The molecule has 33 heavy (non-hydrogen) atoms. The molecule has 2 aliphatic heterocycles. The van der Waals surface area contributed by atoms with E-state index >= 15 is 0 Å². The maximum atomic E-state index is 13.2. The predicted molar refractivity (Wildman–Crippen MR) is 119 cm³/mol. The first kappa shape index (κ1) is 22.3. The van der Waals surface area contributed by atoms with Crippen LogP contribution in [-0.4, -0.2) is 41.6 Å². The highest BCUT2D eigenvalue weighted by Gasteiger charge is 2.38. The molecule has 1 amide bonds. The van der Waals surface area contributed by atoms with Crippen LogP contribution in [0.4, 0.5) is 13.2 Å². The average molecular weight is 459 g/mol. The third-order valence-electron chi connectivity index (χ3n) is 7.51. The lowest BCUT2D eigenvalue weighted by Crippen LogP contribution is -2.42. The maximum Gasteiger partial charge on any atom is 0.416 e. The van der Waals surface area contributed by atoms with Crippen molar-refractivity contribution in [2.45, 2.75) is 56.8 Å². The first-order valence-corrected chi connectivity index (χ1v) is 11.8. The van der Waals surface area contributed by atoms with Crippen LogP contribution in [0.25, 0.3) is 0 Å². The Hall–Kier alpha value is -2.54. The first-order chi connectivity index (χ1) is 15.9. The second-order valence-corrected chi connectivity index (χ2v) is 9.51. The van der Waals surface area contributed by atoms with Gasteiger partial charge in [-0.3, -0.25) is 4.79 Å². The molecular formula is C26H29F3N2O2. The van der Waals surface area contributed by atoms with Gasteiger partial charge in [0.05, 0.1) is 12.1 Å². The number of fused-ring (bicyclic) bond motifs is 1. The molecule has 5 rings (SSSR count). The minimum Gasteiger partial charge on any atom is -0.473 e. The molecule has 1 unspecified atom stereocenters. The van der Waals surface area contributed by atoms with Crippen molar-refractivity contribution in [2.24, 2.45) is 5.92 Å². The lowest BCUT2D eigenvalue weighted by Gasteiger charge is -2.36. The Morgan fingerprint density at radius 3 is 2.45 bits per heavy atom. The number of carbonyl (C=O) groups is 1. The van der Waals surface area contributed by atoms with Gasteiger partial charge in [0, 0.05) is 17.5 Å². The first-order valence-electron chi connectivity index (χ1n) is 11.8. The van der Waals surface area contributed by atoms with E-state index in [0.29, 0.717) is 23.3 Å². The molecule has 1 saturated carbocycles. The molecule has 1 saturated heterocycles. The van der Waals surface area contributed by atoms with E-state index in [0.717, 1.165) is 57.3 Å². The summed E-state index contributed by atoms with van der Waals surface area (Å²) < 4.78 is 44.8. The molecule has 2 aromatic rings. The van der Waals surface area contributed by atoms with E-state index in [1.807, 2.05) is 0 Å². The minimum atomic E-state index is -4.41. The number of carbonyl (C=O) groups excluding carboxylic acids is 1. The zero-order valence-electron chi connectivity index (χ0n) is 18.6.